The number of carboxylic acid groups (broad SMARTS) is 1. The van der Waals surface area contributed by atoms with Crippen LogP contribution in [0.15, 0.2) is 60.1 Å². The van der Waals surface area contributed by atoms with E-state index in [9.17, 15) is 9.59 Å². The molecule has 0 spiro atoms. The second-order valence-electron chi connectivity index (χ2n) is 8.88. The Morgan fingerprint density at radius 1 is 1.11 bits per heavy atom. The Hall–Kier alpha value is -3.27. The summed E-state index contributed by atoms with van der Waals surface area (Å²) in [7, 11) is 0. The molecule has 1 aliphatic heterocycles. The fourth-order valence-electron chi connectivity index (χ4n) is 4.70. The third kappa shape index (κ3) is 6.48. The fraction of sp³-hybridized carbons (Fsp3) is 0.370. The van der Waals surface area contributed by atoms with Crippen LogP contribution in [0.1, 0.15) is 46.4 Å². The molecule has 0 aliphatic carbocycles. The molecular formula is C27H33N5O3S. The smallest absolute Gasteiger partial charge is 0.409 e. The Morgan fingerprint density at radius 3 is 2.56 bits per heavy atom. The highest BCUT2D eigenvalue weighted by atomic mass is 32.1. The van der Waals surface area contributed by atoms with Crippen LogP contribution in [0.2, 0.25) is 0 Å². The van der Waals surface area contributed by atoms with Gasteiger partial charge in [-0.2, -0.15) is 0 Å². The van der Waals surface area contributed by atoms with E-state index in [1.54, 1.807) is 17.4 Å². The predicted octanol–water partition coefficient (Wildman–Crippen LogP) is 4.77. The molecule has 0 radical (unpaired) electrons. The number of carbonyl (C=O) groups excluding carboxylic acids is 1. The van der Waals surface area contributed by atoms with Gasteiger partial charge in [-0.25, -0.2) is 9.78 Å². The molecule has 2 amide bonds. The van der Waals surface area contributed by atoms with Crippen LogP contribution in [-0.2, 0) is 13.1 Å². The molecule has 4 rings (SSSR count). The van der Waals surface area contributed by atoms with E-state index < -0.39 is 6.09 Å². The maximum Gasteiger partial charge on any atom is 0.409 e. The lowest BCUT2D eigenvalue weighted by Crippen LogP contribution is -2.47. The molecule has 1 atom stereocenters. The summed E-state index contributed by atoms with van der Waals surface area (Å²) < 4.78 is 0. The van der Waals surface area contributed by atoms with Crippen LogP contribution in [0.25, 0.3) is 0 Å². The average molecular weight is 508 g/mol. The lowest BCUT2D eigenvalue weighted by molar-refractivity contribution is 0.0635. The van der Waals surface area contributed by atoms with Gasteiger partial charge in [0.15, 0.2) is 0 Å². The summed E-state index contributed by atoms with van der Waals surface area (Å²) in [6.07, 6.45) is 0.780. The quantitative estimate of drug-likeness (QED) is 0.434. The number of hydrogen-bond acceptors (Lipinski definition) is 6. The molecule has 3 aromatic rings. The van der Waals surface area contributed by atoms with E-state index in [-0.39, 0.29) is 11.9 Å². The number of hydrogen-bond donors (Lipinski definition) is 2. The van der Waals surface area contributed by atoms with E-state index in [4.69, 9.17) is 5.11 Å². The van der Waals surface area contributed by atoms with Crippen LogP contribution in [0.3, 0.4) is 0 Å². The van der Waals surface area contributed by atoms with E-state index in [0.29, 0.717) is 24.3 Å². The van der Waals surface area contributed by atoms with E-state index in [2.05, 4.69) is 32.2 Å². The third-order valence-electron chi connectivity index (χ3n) is 6.57. The zero-order valence-electron chi connectivity index (χ0n) is 20.8. The zero-order chi connectivity index (χ0) is 25.5. The van der Waals surface area contributed by atoms with Crippen molar-refractivity contribution in [3.63, 3.8) is 0 Å². The highest BCUT2D eigenvalue weighted by Crippen LogP contribution is 2.29. The standard InChI is InChI=1S/C27H33N5O3S/c1-3-31(4-2)26(33)22-10-8-21(9-11-22)24-18-30(13-14-32(24)19-25-28-12-15-36-25)17-20-6-5-7-23(16-20)29-27(34)35/h5-12,15-16,24,29H,3-4,13-14,17-19H2,1-2H3,(H,34,35). The van der Waals surface area contributed by atoms with E-state index in [1.165, 1.54) is 5.56 Å². The van der Waals surface area contributed by atoms with Crippen molar-refractivity contribution in [1.29, 1.82) is 0 Å². The average Bonchev–Trinajstić information content (AvgIpc) is 3.39. The van der Waals surface area contributed by atoms with Gasteiger partial charge in [0.25, 0.3) is 5.91 Å². The van der Waals surface area contributed by atoms with Crippen molar-refractivity contribution in [2.75, 3.05) is 38.0 Å². The van der Waals surface area contributed by atoms with Gasteiger partial charge in [0.2, 0.25) is 0 Å². The van der Waals surface area contributed by atoms with Crippen molar-refractivity contribution in [1.82, 2.24) is 19.7 Å². The molecular weight excluding hydrogens is 474 g/mol. The number of amides is 2. The summed E-state index contributed by atoms with van der Waals surface area (Å²) in [5.41, 5.74) is 3.53. The van der Waals surface area contributed by atoms with Crippen molar-refractivity contribution in [2.45, 2.75) is 33.0 Å². The lowest BCUT2D eigenvalue weighted by atomic mass is 9.99. The van der Waals surface area contributed by atoms with Crippen LogP contribution in [0.5, 0.6) is 0 Å². The van der Waals surface area contributed by atoms with Crippen molar-refractivity contribution >= 4 is 29.0 Å². The highest BCUT2D eigenvalue weighted by Gasteiger charge is 2.29. The van der Waals surface area contributed by atoms with Crippen LogP contribution in [0.4, 0.5) is 10.5 Å². The van der Waals surface area contributed by atoms with Gasteiger partial charge in [-0.05, 0) is 49.2 Å². The number of carbonyl (C=O) groups is 2. The molecule has 9 heteroatoms. The minimum atomic E-state index is -1.06. The molecule has 0 bridgehead atoms. The third-order valence-corrected chi connectivity index (χ3v) is 7.34. The molecule has 1 unspecified atom stereocenters. The van der Waals surface area contributed by atoms with Gasteiger partial charge in [0.05, 0.1) is 6.54 Å². The van der Waals surface area contributed by atoms with E-state index in [1.807, 2.05) is 60.7 Å². The first-order valence-electron chi connectivity index (χ1n) is 12.3. The topological polar surface area (TPSA) is 89.0 Å². The van der Waals surface area contributed by atoms with Crippen LogP contribution < -0.4 is 5.32 Å². The van der Waals surface area contributed by atoms with Crippen molar-refractivity contribution in [3.05, 3.63) is 81.8 Å². The largest absolute Gasteiger partial charge is 0.465 e. The second kappa shape index (κ2) is 12.1. The highest BCUT2D eigenvalue weighted by molar-refractivity contribution is 7.09. The molecule has 1 aliphatic rings. The summed E-state index contributed by atoms with van der Waals surface area (Å²) in [4.78, 5) is 35.0. The number of thiazole rings is 1. The summed E-state index contributed by atoms with van der Waals surface area (Å²) in [5.74, 6) is 0.0614. The first-order valence-corrected chi connectivity index (χ1v) is 13.2. The van der Waals surface area contributed by atoms with Gasteiger partial charge in [0.1, 0.15) is 5.01 Å². The van der Waals surface area contributed by atoms with E-state index in [0.717, 1.165) is 43.3 Å². The van der Waals surface area contributed by atoms with Crippen LogP contribution >= 0.6 is 11.3 Å². The molecule has 1 aromatic heterocycles. The monoisotopic (exact) mass is 507 g/mol. The van der Waals surface area contributed by atoms with Gasteiger partial charge in [-0.3, -0.25) is 19.9 Å². The molecule has 8 nitrogen and oxygen atoms in total. The Labute approximate surface area is 216 Å². The van der Waals surface area contributed by atoms with Crippen molar-refractivity contribution in [2.24, 2.45) is 0 Å². The Bertz CT molecular complexity index is 1150. The van der Waals surface area contributed by atoms with Crippen LogP contribution in [0, 0.1) is 0 Å². The number of nitrogens with one attached hydrogen (secondary N) is 1. The number of rotatable bonds is 9. The van der Waals surface area contributed by atoms with Gasteiger partial charge >= 0.3 is 6.09 Å². The van der Waals surface area contributed by atoms with Crippen LogP contribution in [-0.4, -0.2) is 69.5 Å². The minimum absolute atomic E-state index is 0.0614. The molecule has 1 saturated heterocycles. The number of anilines is 1. The number of benzene rings is 2. The molecule has 2 heterocycles. The summed E-state index contributed by atoms with van der Waals surface area (Å²) in [5, 5.41) is 14.6. The Balaban J connectivity index is 1.52. The number of aromatic nitrogens is 1. The Kier molecular flexibility index (Phi) is 8.69. The number of nitrogens with zero attached hydrogens (tertiary/aromatic N) is 4. The Morgan fingerprint density at radius 2 is 1.89 bits per heavy atom. The van der Waals surface area contributed by atoms with Gasteiger partial charge in [0, 0.05) is 68.1 Å². The van der Waals surface area contributed by atoms with E-state index >= 15 is 0 Å². The molecule has 2 aromatic carbocycles. The number of piperazine rings is 1. The molecule has 0 saturated carbocycles. The second-order valence-corrected chi connectivity index (χ2v) is 9.86. The van der Waals surface area contributed by atoms with Gasteiger partial charge in [-0.15, -0.1) is 11.3 Å². The maximum absolute atomic E-state index is 12.8. The first kappa shape index (κ1) is 25.8. The summed E-state index contributed by atoms with van der Waals surface area (Å²) in [6, 6.07) is 15.7. The predicted molar refractivity (Wildman–Crippen MR) is 142 cm³/mol. The molecule has 2 N–H and O–H groups in total. The summed E-state index contributed by atoms with van der Waals surface area (Å²) >= 11 is 1.67. The SMILES string of the molecule is CCN(CC)C(=O)c1ccc(C2CN(Cc3cccc(NC(=O)O)c3)CCN2Cc2nccs2)cc1. The first-order chi connectivity index (χ1) is 17.5. The zero-order valence-corrected chi connectivity index (χ0v) is 21.6. The maximum atomic E-state index is 12.8. The lowest BCUT2D eigenvalue weighted by Gasteiger charge is -2.41. The van der Waals surface area contributed by atoms with Crippen molar-refractivity contribution < 1.29 is 14.7 Å². The van der Waals surface area contributed by atoms with Gasteiger partial charge in [-0.1, -0.05) is 24.3 Å². The van der Waals surface area contributed by atoms with Crippen molar-refractivity contribution in [3.8, 4) is 0 Å². The fourth-order valence-corrected chi connectivity index (χ4v) is 5.34. The molecule has 1 fully saturated rings. The summed E-state index contributed by atoms with van der Waals surface area (Å²) in [6.45, 7) is 9.51. The van der Waals surface area contributed by atoms with Gasteiger partial charge < -0.3 is 10.0 Å². The molecule has 36 heavy (non-hydrogen) atoms. The molecule has 190 valence electrons. The minimum Gasteiger partial charge on any atom is -0.465 e. The normalized spacial score (nSPS) is 16.6.